The second kappa shape index (κ2) is 3.79. The zero-order chi connectivity index (χ0) is 9.12. The molecule has 2 radical (unpaired) electrons. The second-order valence-corrected chi connectivity index (χ2v) is 10.2. The van der Waals surface area contributed by atoms with Crippen LogP contribution in [-0.2, 0) is 0 Å². The maximum absolute atomic E-state index is 5.73. The third-order valence-corrected chi connectivity index (χ3v) is 5.49. The average molecular weight is 168 g/mol. The Morgan fingerprint density at radius 1 is 1.27 bits per heavy atom. The van der Waals surface area contributed by atoms with Crippen LogP contribution in [0.5, 0.6) is 0 Å². The van der Waals surface area contributed by atoms with E-state index in [0.717, 1.165) is 5.94 Å². The summed E-state index contributed by atoms with van der Waals surface area (Å²) in [6, 6.07) is 1.35. The fourth-order valence-electron chi connectivity index (χ4n) is 1.49. The summed E-state index contributed by atoms with van der Waals surface area (Å²) in [7, 11) is 4.67. The van der Waals surface area contributed by atoms with Gasteiger partial charge in [0, 0.05) is 8.07 Å². The molecule has 0 N–H and O–H groups in total. The molecule has 0 aliphatic heterocycles. The van der Waals surface area contributed by atoms with Crippen molar-refractivity contribution in [3.05, 3.63) is 0 Å². The maximum Gasteiger partial charge on any atom is 0.0612 e. The summed E-state index contributed by atoms with van der Waals surface area (Å²) in [6.07, 6.45) is 1.27. The van der Waals surface area contributed by atoms with Crippen molar-refractivity contribution in [3.8, 4) is 0 Å². The SMILES string of the molecule is [B]C[Si](C)(C)CC(C)(C)CC. The summed E-state index contributed by atoms with van der Waals surface area (Å²) in [5.41, 5.74) is 0.509. The highest BCUT2D eigenvalue weighted by Crippen LogP contribution is 2.32. The van der Waals surface area contributed by atoms with Crippen molar-refractivity contribution in [3.63, 3.8) is 0 Å². The Labute approximate surface area is 74.2 Å². The molecule has 0 aromatic carbocycles. The first-order valence-electron chi connectivity index (χ1n) is 4.53. The van der Waals surface area contributed by atoms with Crippen LogP contribution in [0.2, 0.25) is 25.1 Å². The van der Waals surface area contributed by atoms with Crippen molar-refractivity contribution in [2.45, 2.75) is 52.3 Å². The van der Waals surface area contributed by atoms with Crippen molar-refractivity contribution >= 4 is 15.9 Å². The van der Waals surface area contributed by atoms with Gasteiger partial charge in [-0.3, -0.25) is 0 Å². The monoisotopic (exact) mass is 168 g/mol. The van der Waals surface area contributed by atoms with Gasteiger partial charge in [-0.2, -0.15) is 0 Å². The van der Waals surface area contributed by atoms with E-state index in [1.165, 1.54) is 12.5 Å². The normalized spacial score (nSPS) is 13.5. The van der Waals surface area contributed by atoms with Gasteiger partial charge in [0.1, 0.15) is 0 Å². The van der Waals surface area contributed by atoms with Crippen LogP contribution in [0.25, 0.3) is 0 Å². The minimum atomic E-state index is -1.06. The number of rotatable bonds is 4. The molecular formula is C9H21BSi. The molecule has 0 spiro atoms. The molecule has 0 nitrogen and oxygen atoms in total. The van der Waals surface area contributed by atoms with Crippen LogP contribution >= 0.6 is 0 Å². The lowest BCUT2D eigenvalue weighted by atomic mass is 9.93. The van der Waals surface area contributed by atoms with E-state index in [9.17, 15) is 0 Å². The van der Waals surface area contributed by atoms with E-state index in [-0.39, 0.29) is 0 Å². The summed E-state index contributed by atoms with van der Waals surface area (Å²) >= 11 is 0. The Kier molecular flexibility index (Phi) is 3.89. The summed E-state index contributed by atoms with van der Waals surface area (Å²) in [6.45, 7) is 11.7. The standard InChI is InChI=1S/C9H21BSi/c1-6-9(2,3)7-11(4,5)8-10/h6-8H2,1-5H3. The molecule has 0 aliphatic carbocycles. The molecule has 64 valence electrons. The van der Waals surface area contributed by atoms with E-state index < -0.39 is 8.07 Å². The number of hydrogen-bond acceptors (Lipinski definition) is 0. The molecule has 0 aromatic rings. The molecule has 11 heavy (non-hydrogen) atoms. The Hall–Kier alpha value is 0.282. The van der Waals surface area contributed by atoms with Gasteiger partial charge in [-0.05, 0) is 5.41 Å². The predicted octanol–water partition coefficient (Wildman–Crippen LogP) is 3.26. The minimum absolute atomic E-state index is 0.509. The third-order valence-electron chi connectivity index (χ3n) is 2.47. The molecule has 0 rings (SSSR count). The van der Waals surface area contributed by atoms with E-state index in [0.29, 0.717) is 5.41 Å². The van der Waals surface area contributed by atoms with Crippen molar-refractivity contribution in [1.82, 2.24) is 0 Å². The van der Waals surface area contributed by atoms with Gasteiger partial charge in [-0.1, -0.05) is 52.3 Å². The van der Waals surface area contributed by atoms with Crippen LogP contribution in [0.15, 0.2) is 0 Å². The van der Waals surface area contributed by atoms with Crippen LogP contribution in [-0.4, -0.2) is 15.9 Å². The molecule has 0 bridgehead atoms. The van der Waals surface area contributed by atoms with Gasteiger partial charge in [0.25, 0.3) is 0 Å². The highest BCUT2D eigenvalue weighted by Gasteiger charge is 2.26. The molecule has 0 unspecified atom stereocenters. The molecule has 0 heterocycles. The van der Waals surface area contributed by atoms with Crippen LogP contribution in [0, 0.1) is 5.41 Å². The highest BCUT2D eigenvalue weighted by atomic mass is 28.3. The van der Waals surface area contributed by atoms with E-state index in [4.69, 9.17) is 7.85 Å². The lowest BCUT2D eigenvalue weighted by Gasteiger charge is -2.32. The number of hydrogen-bond donors (Lipinski definition) is 0. The zero-order valence-electron chi connectivity index (χ0n) is 8.70. The fourth-order valence-corrected chi connectivity index (χ4v) is 4.48. The van der Waals surface area contributed by atoms with Crippen LogP contribution in [0.3, 0.4) is 0 Å². The molecule has 0 atom stereocenters. The summed E-state index contributed by atoms with van der Waals surface area (Å²) in [4.78, 5) is 0. The lowest BCUT2D eigenvalue weighted by Crippen LogP contribution is -2.31. The van der Waals surface area contributed by atoms with Crippen LogP contribution in [0.4, 0.5) is 0 Å². The Morgan fingerprint density at radius 3 is 2.00 bits per heavy atom. The molecule has 2 heteroatoms. The molecule has 0 aromatic heterocycles. The molecular weight excluding hydrogens is 147 g/mol. The van der Waals surface area contributed by atoms with Crippen molar-refractivity contribution in [2.75, 3.05) is 0 Å². The maximum atomic E-state index is 5.73. The highest BCUT2D eigenvalue weighted by molar-refractivity contribution is 6.82. The van der Waals surface area contributed by atoms with Gasteiger partial charge < -0.3 is 0 Å². The van der Waals surface area contributed by atoms with E-state index in [1.54, 1.807) is 0 Å². The first-order valence-corrected chi connectivity index (χ1v) is 7.94. The second-order valence-electron chi connectivity index (χ2n) is 5.06. The zero-order valence-corrected chi connectivity index (χ0v) is 9.70. The Morgan fingerprint density at radius 2 is 1.73 bits per heavy atom. The van der Waals surface area contributed by atoms with E-state index in [1.807, 2.05) is 0 Å². The molecule has 0 saturated carbocycles. The van der Waals surface area contributed by atoms with E-state index >= 15 is 0 Å². The summed E-state index contributed by atoms with van der Waals surface area (Å²) in [5.74, 6) is 0.927. The first kappa shape index (κ1) is 11.3. The lowest BCUT2D eigenvalue weighted by molar-refractivity contribution is 0.391. The first-order chi connectivity index (χ1) is 4.83. The van der Waals surface area contributed by atoms with Gasteiger partial charge in [-0.25, -0.2) is 0 Å². The molecule has 0 fully saturated rings. The Balaban J connectivity index is 4.02. The molecule has 0 amide bonds. The smallest absolute Gasteiger partial charge is 0.0612 e. The van der Waals surface area contributed by atoms with Gasteiger partial charge in [0.2, 0.25) is 0 Å². The fraction of sp³-hybridized carbons (Fsp3) is 1.00. The summed E-state index contributed by atoms with van der Waals surface area (Å²) < 4.78 is 0. The average Bonchev–Trinajstić information content (AvgIpc) is 1.86. The van der Waals surface area contributed by atoms with Gasteiger partial charge in [-0.15, -0.1) is 0 Å². The van der Waals surface area contributed by atoms with Crippen molar-refractivity contribution in [2.24, 2.45) is 5.41 Å². The quantitative estimate of drug-likeness (QED) is 0.565. The largest absolute Gasteiger partial charge is 0.0921 e. The van der Waals surface area contributed by atoms with Crippen molar-refractivity contribution < 1.29 is 0 Å². The van der Waals surface area contributed by atoms with Gasteiger partial charge in [0.15, 0.2) is 0 Å². The topological polar surface area (TPSA) is 0 Å². The minimum Gasteiger partial charge on any atom is -0.0921 e. The molecule has 0 aliphatic rings. The van der Waals surface area contributed by atoms with Gasteiger partial charge in [0.05, 0.1) is 7.85 Å². The summed E-state index contributed by atoms with van der Waals surface area (Å²) in [5, 5.41) is 0. The van der Waals surface area contributed by atoms with Crippen molar-refractivity contribution in [1.29, 1.82) is 0 Å². The Bertz CT molecular complexity index is 105. The van der Waals surface area contributed by atoms with E-state index in [2.05, 4.69) is 33.9 Å². The molecule has 0 saturated heterocycles. The third kappa shape index (κ3) is 4.68. The van der Waals surface area contributed by atoms with Crippen LogP contribution in [0.1, 0.15) is 27.2 Å². The van der Waals surface area contributed by atoms with Crippen LogP contribution < -0.4 is 0 Å². The predicted molar refractivity (Wildman–Crippen MR) is 56.9 cm³/mol. The van der Waals surface area contributed by atoms with Gasteiger partial charge >= 0.3 is 0 Å².